The molecule has 168 valence electrons. The van der Waals surface area contributed by atoms with Crippen LogP contribution in [-0.4, -0.2) is 47.1 Å². The first-order chi connectivity index (χ1) is 15.6. The number of hydrogen-bond donors (Lipinski definition) is 1. The van der Waals surface area contributed by atoms with Gasteiger partial charge in [0.1, 0.15) is 23.9 Å². The SMILES string of the molecule is Cn1c(=O)nc(N2CCOCc3c(OC4CC4)cccc32)c2cc(Cl)c(OCCO)cc21. The van der Waals surface area contributed by atoms with Gasteiger partial charge in [-0.2, -0.15) is 4.98 Å². The maximum absolute atomic E-state index is 12.8. The van der Waals surface area contributed by atoms with E-state index in [0.29, 0.717) is 41.9 Å². The Hall–Kier alpha value is -2.81. The van der Waals surface area contributed by atoms with Crippen molar-refractivity contribution in [2.45, 2.75) is 25.6 Å². The summed E-state index contributed by atoms with van der Waals surface area (Å²) < 4.78 is 19.0. The van der Waals surface area contributed by atoms with Crippen molar-refractivity contribution >= 4 is 34.0 Å². The lowest BCUT2D eigenvalue weighted by Crippen LogP contribution is -2.28. The molecular formula is C23H24ClN3O5. The van der Waals surface area contributed by atoms with E-state index in [1.54, 1.807) is 19.2 Å². The van der Waals surface area contributed by atoms with Crippen LogP contribution in [0, 0.1) is 0 Å². The molecular weight excluding hydrogens is 434 g/mol. The van der Waals surface area contributed by atoms with Gasteiger partial charge in [-0.1, -0.05) is 17.7 Å². The number of aromatic nitrogens is 2. The van der Waals surface area contributed by atoms with Crippen molar-refractivity contribution in [2.75, 3.05) is 31.3 Å². The third-order valence-electron chi connectivity index (χ3n) is 5.67. The zero-order valence-corrected chi connectivity index (χ0v) is 18.5. The lowest BCUT2D eigenvalue weighted by atomic mass is 10.1. The van der Waals surface area contributed by atoms with Crippen molar-refractivity contribution in [3.63, 3.8) is 0 Å². The molecule has 9 heteroatoms. The zero-order chi connectivity index (χ0) is 22.2. The number of rotatable bonds is 6. The van der Waals surface area contributed by atoms with E-state index in [-0.39, 0.29) is 25.0 Å². The van der Waals surface area contributed by atoms with Gasteiger partial charge >= 0.3 is 5.69 Å². The summed E-state index contributed by atoms with van der Waals surface area (Å²) in [4.78, 5) is 19.2. The highest BCUT2D eigenvalue weighted by molar-refractivity contribution is 6.33. The number of ether oxygens (including phenoxy) is 3. The maximum atomic E-state index is 12.8. The Morgan fingerprint density at radius 3 is 2.91 bits per heavy atom. The van der Waals surface area contributed by atoms with Crippen LogP contribution < -0.4 is 20.1 Å². The van der Waals surface area contributed by atoms with Gasteiger partial charge in [0.2, 0.25) is 0 Å². The van der Waals surface area contributed by atoms with E-state index in [1.807, 2.05) is 23.1 Å². The monoisotopic (exact) mass is 457 g/mol. The van der Waals surface area contributed by atoms with Gasteiger partial charge in [0, 0.05) is 30.6 Å². The van der Waals surface area contributed by atoms with E-state index in [2.05, 4.69) is 4.98 Å². The predicted molar refractivity (Wildman–Crippen MR) is 121 cm³/mol. The third-order valence-corrected chi connectivity index (χ3v) is 5.96. The summed E-state index contributed by atoms with van der Waals surface area (Å²) in [5.74, 6) is 1.72. The average Bonchev–Trinajstić information content (AvgIpc) is 3.62. The van der Waals surface area contributed by atoms with Gasteiger partial charge in [0.05, 0.1) is 42.2 Å². The fraction of sp³-hybridized carbons (Fsp3) is 0.391. The summed E-state index contributed by atoms with van der Waals surface area (Å²) in [5.41, 5.74) is 2.09. The third kappa shape index (κ3) is 3.90. The Balaban J connectivity index is 1.67. The molecule has 2 heterocycles. The van der Waals surface area contributed by atoms with Crippen molar-refractivity contribution in [2.24, 2.45) is 7.05 Å². The van der Waals surface area contributed by atoms with Crippen LogP contribution in [0.2, 0.25) is 5.02 Å². The molecule has 3 aromatic rings. The molecule has 0 amide bonds. The molecule has 1 aliphatic carbocycles. The zero-order valence-electron chi connectivity index (χ0n) is 17.7. The molecule has 0 radical (unpaired) electrons. The largest absolute Gasteiger partial charge is 0.490 e. The van der Waals surface area contributed by atoms with Crippen molar-refractivity contribution in [1.29, 1.82) is 0 Å². The Labute approximate surface area is 189 Å². The Morgan fingerprint density at radius 2 is 2.12 bits per heavy atom. The highest BCUT2D eigenvalue weighted by Gasteiger charge is 2.28. The van der Waals surface area contributed by atoms with Crippen molar-refractivity contribution < 1.29 is 19.3 Å². The van der Waals surface area contributed by atoms with Crippen LogP contribution in [0.4, 0.5) is 11.5 Å². The number of aliphatic hydroxyl groups is 1. The number of fused-ring (bicyclic) bond motifs is 2. The molecule has 1 fully saturated rings. The fourth-order valence-electron chi connectivity index (χ4n) is 3.90. The van der Waals surface area contributed by atoms with Crippen LogP contribution in [0.3, 0.4) is 0 Å². The van der Waals surface area contributed by atoms with E-state index >= 15 is 0 Å². The first kappa shape index (κ1) is 21.1. The van der Waals surface area contributed by atoms with Crippen LogP contribution in [0.25, 0.3) is 10.9 Å². The van der Waals surface area contributed by atoms with Crippen LogP contribution in [0.5, 0.6) is 11.5 Å². The summed E-state index contributed by atoms with van der Waals surface area (Å²) in [6.45, 7) is 1.40. The van der Waals surface area contributed by atoms with Gasteiger partial charge in [-0.15, -0.1) is 0 Å². The molecule has 0 atom stereocenters. The van der Waals surface area contributed by atoms with Crippen LogP contribution >= 0.6 is 11.6 Å². The number of aliphatic hydroxyl groups excluding tert-OH is 1. The van der Waals surface area contributed by atoms with Gasteiger partial charge in [0.25, 0.3) is 0 Å². The normalized spacial score (nSPS) is 16.0. The van der Waals surface area contributed by atoms with Crippen molar-refractivity contribution in [1.82, 2.24) is 9.55 Å². The molecule has 0 bridgehead atoms. The molecule has 1 aromatic heterocycles. The highest BCUT2D eigenvalue weighted by atomic mass is 35.5. The van der Waals surface area contributed by atoms with E-state index in [0.717, 1.165) is 35.2 Å². The number of benzene rings is 2. The number of hydrogen-bond acceptors (Lipinski definition) is 7. The lowest BCUT2D eigenvalue weighted by Gasteiger charge is -2.26. The molecule has 1 saturated carbocycles. The quantitative estimate of drug-likeness (QED) is 0.608. The maximum Gasteiger partial charge on any atom is 0.349 e. The van der Waals surface area contributed by atoms with Gasteiger partial charge in [-0.05, 0) is 31.0 Å². The van der Waals surface area contributed by atoms with Gasteiger partial charge in [-0.3, -0.25) is 4.57 Å². The summed E-state index contributed by atoms with van der Waals surface area (Å²) >= 11 is 6.48. The summed E-state index contributed by atoms with van der Waals surface area (Å²) in [6, 6.07) is 9.37. The molecule has 2 aromatic carbocycles. The van der Waals surface area contributed by atoms with Gasteiger partial charge in [-0.25, -0.2) is 4.79 Å². The first-order valence-electron chi connectivity index (χ1n) is 10.6. The minimum Gasteiger partial charge on any atom is -0.490 e. The molecule has 5 rings (SSSR count). The molecule has 8 nitrogen and oxygen atoms in total. The summed E-state index contributed by atoms with van der Waals surface area (Å²) in [5, 5.41) is 10.2. The fourth-order valence-corrected chi connectivity index (χ4v) is 4.12. The molecule has 2 aliphatic rings. The topological polar surface area (TPSA) is 86.1 Å². The number of aryl methyl sites for hydroxylation is 1. The van der Waals surface area contributed by atoms with E-state index in [1.165, 1.54) is 4.57 Å². The second-order valence-electron chi connectivity index (χ2n) is 7.92. The average molecular weight is 458 g/mol. The molecule has 0 saturated heterocycles. The van der Waals surface area contributed by atoms with Crippen LogP contribution in [0.15, 0.2) is 35.1 Å². The van der Waals surface area contributed by atoms with Crippen LogP contribution in [-0.2, 0) is 18.4 Å². The second-order valence-corrected chi connectivity index (χ2v) is 8.33. The number of halogens is 1. The Morgan fingerprint density at radius 1 is 1.28 bits per heavy atom. The van der Waals surface area contributed by atoms with E-state index in [9.17, 15) is 4.79 Å². The van der Waals surface area contributed by atoms with E-state index < -0.39 is 0 Å². The summed E-state index contributed by atoms with van der Waals surface area (Å²) in [6.07, 6.45) is 2.39. The Kier molecular flexibility index (Phi) is 5.67. The first-order valence-corrected chi connectivity index (χ1v) is 11.0. The van der Waals surface area contributed by atoms with Crippen molar-refractivity contribution in [3.8, 4) is 11.5 Å². The smallest absolute Gasteiger partial charge is 0.349 e. The van der Waals surface area contributed by atoms with Gasteiger partial charge < -0.3 is 24.2 Å². The van der Waals surface area contributed by atoms with Crippen LogP contribution in [0.1, 0.15) is 18.4 Å². The minimum atomic E-state index is -0.389. The minimum absolute atomic E-state index is 0.109. The van der Waals surface area contributed by atoms with Crippen molar-refractivity contribution in [3.05, 3.63) is 51.4 Å². The van der Waals surface area contributed by atoms with E-state index in [4.69, 9.17) is 30.9 Å². The molecule has 1 aliphatic heterocycles. The number of nitrogens with zero attached hydrogens (tertiary/aromatic N) is 3. The Bertz CT molecular complexity index is 1220. The second kappa shape index (κ2) is 8.61. The number of anilines is 2. The lowest BCUT2D eigenvalue weighted by molar-refractivity contribution is 0.130. The molecule has 32 heavy (non-hydrogen) atoms. The molecule has 0 unspecified atom stereocenters. The predicted octanol–water partition coefficient (Wildman–Crippen LogP) is 3.17. The summed E-state index contributed by atoms with van der Waals surface area (Å²) in [7, 11) is 1.66. The van der Waals surface area contributed by atoms with Gasteiger partial charge in [0.15, 0.2) is 0 Å². The highest BCUT2D eigenvalue weighted by Crippen LogP contribution is 2.40. The molecule has 1 N–H and O–H groups in total. The molecule has 0 spiro atoms. The standard InChI is InChI=1S/C23H24ClN3O5/c1-26-19-12-21(31-10-8-28)17(24)11-15(19)22(25-23(26)29)27-7-9-30-13-16-18(27)3-2-4-20(16)32-14-5-6-14/h2-4,11-12,14,28H,5-10,13H2,1H3.